The standard InChI is InChI=1S/C17H15.C9H13.C2H6Si.2ClH.Zr/c1-12-10-15-8-9-16(17(15)11-13(12)2)14-6-4-3-5-7-14;1-6-5-7(2)9(4)8(6)3;1-3-2;;;/h3-11H,1-2H3;6H,1-4H3;1-2H3;2*1H;/q2*-1;;;;+2. The number of fused-ring (bicyclic) bond motifs is 1. The Morgan fingerprint density at radius 2 is 1.44 bits per heavy atom. The summed E-state index contributed by atoms with van der Waals surface area (Å²) in [6.07, 6.45) is 3.36. The Kier molecular flexibility index (Phi) is 14.1. The second kappa shape index (κ2) is 14.5. The molecule has 0 heterocycles. The van der Waals surface area contributed by atoms with Crippen LogP contribution in [0.1, 0.15) is 38.8 Å². The first-order valence-corrected chi connectivity index (χ1v) is 16.8. The van der Waals surface area contributed by atoms with Crippen LogP contribution in [0.15, 0.2) is 71.3 Å². The smallest absolute Gasteiger partial charge is 0.0411 e. The van der Waals surface area contributed by atoms with Crippen LogP contribution in [-0.4, -0.2) is 5.43 Å². The van der Waals surface area contributed by atoms with Gasteiger partial charge in [-0.15, -0.1) is 72.3 Å². The van der Waals surface area contributed by atoms with E-state index in [2.05, 4.69) is 115 Å². The van der Waals surface area contributed by atoms with Gasteiger partial charge in [-0.3, -0.25) is 6.08 Å². The second-order valence-corrected chi connectivity index (χ2v) is 17.8. The first-order chi connectivity index (χ1) is 14.1. The van der Waals surface area contributed by atoms with Crippen molar-refractivity contribution in [2.45, 2.75) is 54.6 Å². The van der Waals surface area contributed by atoms with Gasteiger partial charge in [-0.25, -0.2) is 5.57 Å². The number of aryl methyl sites for hydroxylation is 2. The Morgan fingerprint density at radius 1 is 0.906 bits per heavy atom. The number of hydrogen-bond acceptors (Lipinski definition) is 0. The average molecular weight is 563 g/mol. The van der Waals surface area contributed by atoms with Gasteiger partial charge in [0.25, 0.3) is 0 Å². The molecule has 1 atom stereocenters. The van der Waals surface area contributed by atoms with Gasteiger partial charge in [0, 0.05) is 0 Å². The normalized spacial score (nSPS) is 14.3. The number of rotatable bonds is 1. The molecule has 170 valence electrons. The molecule has 0 N–H and O–H groups in total. The van der Waals surface area contributed by atoms with Gasteiger partial charge in [0.1, 0.15) is 0 Å². The van der Waals surface area contributed by atoms with Gasteiger partial charge in [-0.2, -0.15) is 11.1 Å². The molecule has 0 radical (unpaired) electrons. The number of hydrogen-bond donors (Lipinski definition) is 0. The molecular formula is C28H36Cl2SiZr. The largest absolute Gasteiger partial charge is 0.149 e. The van der Waals surface area contributed by atoms with Gasteiger partial charge in [0.2, 0.25) is 0 Å². The van der Waals surface area contributed by atoms with Crippen molar-refractivity contribution >= 4 is 41.0 Å². The van der Waals surface area contributed by atoms with E-state index in [-0.39, 0.29) is 30.2 Å². The van der Waals surface area contributed by atoms with E-state index in [0.717, 1.165) is 0 Å². The SMILES string of the molecule is CC1=[C-]C(C)C(C)=C1C.C[Si](C)=[Zr+2].Cc1cc2[cH-]cc(-c3ccccc3)c2cc1C.Cl.Cl. The van der Waals surface area contributed by atoms with Crippen molar-refractivity contribution in [2.24, 2.45) is 5.92 Å². The van der Waals surface area contributed by atoms with E-state index in [4.69, 9.17) is 0 Å². The molecule has 0 aliphatic heterocycles. The Morgan fingerprint density at radius 3 is 1.88 bits per heavy atom. The van der Waals surface area contributed by atoms with Crippen molar-refractivity contribution in [1.29, 1.82) is 0 Å². The molecule has 0 nitrogen and oxygen atoms in total. The van der Waals surface area contributed by atoms with E-state index < -0.39 is 0 Å². The van der Waals surface area contributed by atoms with Crippen LogP contribution in [0.25, 0.3) is 21.9 Å². The Balaban J connectivity index is 0.000000547. The third-order valence-electron chi connectivity index (χ3n) is 5.71. The van der Waals surface area contributed by atoms with E-state index in [9.17, 15) is 0 Å². The van der Waals surface area contributed by atoms with Gasteiger partial charge < -0.3 is 0 Å². The Hall–Kier alpha value is -0.790. The van der Waals surface area contributed by atoms with Crippen LogP contribution >= 0.6 is 24.8 Å². The van der Waals surface area contributed by atoms with Crippen LogP contribution in [0.2, 0.25) is 13.1 Å². The van der Waals surface area contributed by atoms with Crippen molar-refractivity contribution in [2.75, 3.05) is 0 Å². The molecule has 0 aromatic heterocycles. The molecule has 0 spiro atoms. The molecule has 1 aliphatic rings. The molecule has 1 aliphatic carbocycles. The Bertz CT molecular complexity index is 1090. The van der Waals surface area contributed by atoms with E-state index in [0.29, 0.717) is 5.92 Å². The fraction of sp³-hybridized carbons (Fsp3) is 0.321. The van der Waals surface area contributed by atoms with Crippen LogP contribution in [0.5, 0.6) is 0 Å². The van der Waals surface area contributed by atoms with E-state index >= 15 is 0 Å². The fourth-order valence-electron chi connectivity index (χ4n) is 3.50. The maximum absolute atomic E-state index is 3.36. The number of halogens is 2. The van der Waals surface area contributed by atoms with Crippen LogP contribution in [0.3, 0.4) is 0 Å². The van der Waals surface area contributed by atoms with Gasteiger partial charge >= 0.3 is 41.9 Å². The third-order valence-corrected chi connectivity index (χ3v) is 5.71. The molecule has 4 heteroatoms. The molecule has 0 bridgehead atoms. The van der Waals surface area contributed by atoms with Crippen LogP contribution in [-0.2, 0) is 23.3 Å². The monoisotopic (exact) mass is 560 g/mol. The Labute approximate surface area is 223 Å². The summed E-state index contributed by atoms with van der Waals surface area (Å²) in [4.78, 5) is 0. The maximum atomic E-state index is 3.36. The van der Waals surface area contributed by atoms with Gasteiger partial charge in [-0.1, -0.05) is 73.7 Å². The summed E-state index contributed by atoms with van der Waals surface area (Å²) in [5, 5.41) is 2.70. The molecule has 3 aromatic rings. The zero-order valence-corrected chi connectivity index (χ0v) is 25.7. The minimum Gasteiger partial charge on any atom is -0.149 e. The molecule has 0 amide bonds. The van der Waals surface area contributed by atoms with Crippen LogP contribution in [0.4, 0.5) is 0 Å². The van der Waals surface area contributed by atoms with Crippen molar-refractivity contribution in [3.8, 4) is 11.1 Å². The molecule has 0 fully saturated rings. The molecule has 4 rings (SSSR count). The van der Waals surface area contributed by atoms with Gasteiger partial charge in [0.15, 0.2) is 0 Å². The summed E-state index contributed by atoms with van der Waals surface area (Å²) < 4.78 is 0. The maximum Gasteiger partial charge on any atom is -0.0411 e. The number of benzene rings is 2. The van der Waals surface area contributed by atoms with E-state index in [1.54, 1.807) is 23.3 Å². The predicted octanol–water partition coefficient (Wildman–Crippen LogP) is 9.19. The van der Waals surface area contributed by atoms with Crippen molar-refractivity contribution in [3.63, 3.8) is 0 Å². The zero-order chi connectivity index (χ0) is 22.4. The molecule has 0 saturated carbocycles. The summed E-state index contributed by atoms with van der Waals surface area (Å²) in [5.74, 6) is 0.560. The number of allylic oxidation sites excluding steroid dienone is 4. The second-order valence-electron chi connectivity index (χ2n) is 8.44. The fourth-order valence-corrected chi connectivity index (χ4v) is 3.50. The third kappa shape index (κ3) is 8.53. The predicted molar refractivity (Wildman–Crippen MR) is 146 cm³/mol. The van der Waals surface area contributed by atoms with Crippen molar-refractivity contribution in [3.05, 3.63) is 88.5 Å². The topological polar surface area (TPSA) is 0 Å². The van der Waals surface area contributed by atoms with Crippen molar-refractivity contribution < 1.29 is 23.3 Å². The van der Waals surface area contributed by atoms with Crippen LogP contribution in [0, 0.1) is 25.8 Å². The van der Waals surface area contributed by atoms with Crippen LogP contribution < -0.4 is 0 Å². The van der Waals surface area contributed by atoms with Gasteiger partial charge in [0.05, 0.1) is 0 Å². The first-order valence-electron chi connectivity index (χ1n) is 10.6. The molecule has 32 heavy (non-hydrogen) atoms. The molecule has 0 saturated heterocycles. The minimum atomic E-state index is 0. The summed E-state index contributed by atoms with van der Waals surface area (Å²) in [5.41, 5.74) is 9.82. The van der Waals surface area contributed by atoms with E-state index in [1.165, 1.54) is 49.7 Å². The van der Waals surface area contributed by atoms with Crippen molar-refractivity contribution in [1.82, 2.24) is 0 Å². The minimum absolute atomic E-state index is 0. The molecule has 3 aromatic carbocycles. The summed E-state index contributed by atoms with van der Waals surface area (Å²) in [6, 6.07) is 19.6. The molecule has 1 unspecified atom stereocenters. The first kappa shape index (κ1) is 31.2. The molecular weight excluding hydrogens is 527 g/mol. The van der Waals surface area contributed by atoms with Gasteiger partial charge in [-0.05, 0) is 13.8 Å². The van der Waals surface area contributed by atoms with E-state index in [1.807, 2.05) is 0 Å². The summed E-state index contributed by atoms with van der Waals surface area (Å²) in [7, 11) is 0. The summed E-state index contributed by atoms with van der Waals surface area (Å²) in [6.45, 7) is 17.6. The summed E-state index contributed by atoms with van der Waals surface area (Å²) >= 11 is 1.74. The average Bonchev–Trinajstić information content (AvgIpc) is 3.19. The zero-order valence-electron chi connectivity index (χ0n) is 20.6. The quantitative estimate of drug-likeness (QED) is 0.205.